The van der Waals surface area contributed by atoms with Crippen molar-refractivity contribution in [1.82, 2.24) is 19.7 Å². The van der Waals surface area contributed by atoms with Crippen molar-refractivity contribution in [2.24, 2.45) is 7.05 Å². The molecule has 21 heavy (non-hydrogen) atoms. The number of carboxylic acids is 1. The first-order chi connectivity index (χ1) is 10.1. The zero-order valence-electron chi connectivity index (χ0n) is 11.3. The van der Waals surface area contributed by atoms with Crippen LogP contribution in [-0.4, -0.2) is 30.8 Å². The minimum Gasteiger partial charge on any atom is -0.479 e. The van der Waals surface area contributed by atoms with Crippen molar-refractivity contribution in [3.63, 3.8) is 0 Å². The molecule has 1 aromatic carbocycles. The van der Waals surface area contributed by atoms with Crippen LogP contribution in [-0.2, 0) is 11.8 Å². The molecule has 0 aliphatic carbocycles. The van der Waals surface area contributed by atoms with Crippen molar-refractivity contribution in [1.29, 1.82) is 0 Å². The molecular weight excluding hydrogens is 270 g/mol. The Morgan fingerprint density at radius 3 is 2.86 bits per heavy atom. The van der Waals surface area contributed by atoms with Crippen LogP contribution < -0.4 is 5.32 Å². The van der Waals surface area contributed by atoms with Gasteiger partial charge in [-0.2, -0.15) is 5.10 Å². The molecule has 0 saturated heterocycles. The maximum Gasteiger partial charge on any atom is 0.330 e. The van der Waals surface area contributed by atoms with Crippen LogP contribution in [0.2, 0.25) is 0 Å². The number of benzene rings is 1. The van der Waals surface area contributed by atoms with Crippen molar-refractivity contribution >= 4 is 22.7 Å². The fourth-order valence-corrected chi connectivity index (χ4v) is 2.13. The van der Waals surface area contributed by atoms with Crippen LogP contribution in [0.4, 0.5) is 5.82 Å². The van der Waals surface area contributed by atoms with E-state index in [1.54, 1.807) is 17.9 Å². The summed E-state index contributed by atoms with van der Waals surface area (Å²) in [5, 5.41) is 17.2. The Bertz CT molecular complexity index is 793. The lowest BCUT2D eigenvalue weighted by atomic mass is 10.1. The molecule has 3 aromatic rings. The topological polar surface area (TPSA) is 92.9 Å². The van der Waals surface area contributed by atoms with E-state index in [9.17, 15) is 9.90 Å². The highest BCUT2D eigenvalue weighted by molar-refractivity contribution is 5.90. The van der Waals surface area contributed by atoms with E-state index in [0.717, 1.165) is 10.9 Å². The van der Waals surface area contributed by atoms with Gasteiger partial charge in [0.05, 0.1) is 11.7 Å². The van der Waals surface area contributed by atoms with Crippen LogP contribution >= 0.6 is 0 Å². The average Bonchev–Trinajstić information content (AvgIpc) is 2.90. The van der Waals surface area contributed by atoms with Gasteiger partial charge in [0.2, 0.25) is 0 Å². The minimum atomic E-state index is -0.995. The highest BCUT2D eigenvalue weighted by Crippen LogP contribution is 2.23. The fourth-order valence-electron chi connectivity index (χ4n) is 2.13. The highest BCUT2D eigenvalue weighted by atomic mass is 16.4. The van der Waals surface area contributed by atoms with E-state index < -0.39 is 12.0 Å². The first-order valence-electron chi connectivity index (χ1n) is 6.33. The summed E-state index contributed by atoms with van der Waals surface area (Å²) >= 11 is 0. The summed E-state index contributed by atoms with van der Waals surface area (Å²) in [6.45, 7) is 0. The van der Waals surface area contributed by atoms with Gasteiger partial charge in [-0.3, -0.25) is 4.68 Å². The molecule has 1 atom stereocenters. The van der Waals surface area contributed by atoms with E-state index in [2.05, 4.69) is 20.4 Å². The Balaban J connectivity index is 2.01. The van der Waals surface area contributed by atoms with Crippen molar-refractivity contribution in [2.45, 2.75) is 6.04 Å². The van der Waals surface area contributed by atoms with Crippen LogP contribution in [0.1, 0.15) is 11.6 Å². The number of hydrogen-bond donors (Lipinski definition) is 2. The van der Waals surface area contributed by atoms with Gasteiger partial charge in [-0.25, -0.2) is 14.8 Å². The van der Waals surface area contributed by atoms with Crippen LogP contribution in [0, 0.1) is 0 Å². The first kappa shape index (κ1) is 13.0. The molecule has 1 unspecified atom stereocenters. The summed E-state index contributed by atoms with van der Waals surface area (Å²) < 4.78 is 1.56. The number of anilines is 1. The molecule has 2 aromatic heterocycles. The molecule has 106 valence electrons. The second-order valence-corrected chi connectivity index (χ2v) is 4.60. The number of aliphatic carboxylic acids is 1. The van der Waals surface area contributed by atoms with Crippen molar-refractivity contribution in [3.8, 4) is 0 Å². The maximum absolute atomic E-state index is 11.5. The molecule has 0 radical (unpaired) electrons. The summed E-state index contributed by atoms with van der Waals surface area (Å²) in [6, 6.07) is 6.50. The lowest BCUT2D eigenvalue weighted by Crippen LogP contribution is -2.20. The third-order valence-electron chi connectivity index (χ3n) is 3.13. The van der Waals surface area contributed by atoms with E-state index in [-0.39, 0.29) is 0 Å². The van der Waals surface area contributed by atoms with Gasteiger partial charge in [-0.05, 0) is 12.1 Å². The maximum atomic E-state index is 11.5. The number of nitrogens with zero attached hydrogens (tertiary/aromatic N) is 4. The minimum absolute atomic E-state index is 0.483. The molecule has 0 saturated carbocycles. The molecule has 7 heteroatoms. The monoisotopic (exact) mass is 283 g/mol. The largest absolute Gasteiger partial charge is 0.479 e. The van der Waals surface area contributed by atoms with Crippen molar-refractivity contribution in [3.05, 3.63) is 48.5 Å². The first-order valence-corrected chi connectivity index (χ1v) is 6.33. The van der Waals surface area contributed by atoms with Crippen molar-refractivity contribution < 1.29 is 9.90 Å². The van der Waals surface area contributed by atoms with Gasteiger partial charge < -0.3 is 10.4 Å². The van der Waals surface area contributed by atoms with Crippen LogP contribution in [0.3, 0.4) is 0 Å². The molecule has 0 bridgehead atoms. The Hall–Kier alpha value is -2.96. The van der Waals surface area contributed by atoms with E-state index in [4.69, 9.17) is 0 Å². The van der Waals surface area contributed by atoms with Gasteiger partial charge in [-0.1, -0.05) is 12.1 Å². The average molecular weight is 283 g/mol. The quantitative estimate of drug-likeness (QED) is 0.755. The zero-order chi connectivity index (χ0) is 14.8. The van der Waals surface area contributed by atoms with Crippen LogP contribution in [0.5, 0.6) is 0 Å². The second-order valence-electron chi connectivity index (χ2n) is 4.60. The third kappa shape index (κ3) is 2.53. The number of rotatable bonds is 4. The van der Waals surface area contributed by atoms with E-state index >= 15 is 0 Å². The molecule has 2 N–H and O–H groups in total. The number of hydrogen-bond acceptors (Lipinski definition) is 5. The number of aromatic nitrogens is 4. The van der Waals surface area contributed by atoms with Crippen LogP contribution in [0.25, 0.3) is 10.9 Å². The number of para-hydroxylation sites is 1. The van der Waals surface area contributed by atoms with Gasteiger partial charge >= 0.3 is 5.97 Å². The third-order valence-corrected chi connectivity index (χ3v) is 3.13. The molecular formula is C14H13N5O2. The van der Waals surface area contributed by atoms with Gasteiger partial charge in [0.15, 0.2) is 6.04 Å². The summed E-state index contributed by atoms with van der Waals surface area (Å²) in [5.41, 5.74) is 1.32. The number of aryl methyl sites for hydroxylation is 1. The molecule has 3 rings (SSSR count). The van der Waals surface area contributed by atoms with Gasteiger partial charge in [0.25, 0.3) is 0 Å². The normalized spacial score (nSPS) is 12.2. The summed E-state index contributed by atoms with van der Waals surface area (Å²) in [5.74, 6) is -0.512. The standard InChI is InChI=1S/C14H13N5O2/c1-19-7-9(6-17-19)12(14(20)21)18-13-10-4-2-3-5-11(10)15-8-16-13/h2-8,12H,1H3,(H,20,21)(H,15,16,18). The number of carbonyl (C=O) groups is 1. The predicted molar refractivity (Wildman–Crippen MR) is 76.7 cm³/mol. The Morgan fingerprint density at radius 2 is 2.14 bits per heavy atom. The molecule has 0 amide bonds. The van der Waals surface area contributed by atoms with Gasteiger partial charge in [0, 0.05) is 24.2 Å². The van der Waals surface area contributed by atoms with Crippen molar-refractivity contribution in [2.75, 3.05) is 5.32 Å². The number of nitrogens with one attached hydrogen (secondary N) is 1. The molecule has 2 heterocycles. The number of fused-ring (bicyclic) bond motifs is 1. The highest BCUT2D eigenvalue weighted by Gasteiger charge is 2.22. The Morgan fingerprint density at radius 1 is 1.33 bits per heavy atom. The molecule has 0 aliphatic heterocycles. The number of carboxylic acid groups (broad SMARTS) is 1. The Kier molecular flexibility index (Phi) is 3.23. The predicted octanol–water partition coefficient (Wildman–Crippen LogP) is 1.60. The fraction of sp³-hybridized carbons (Fsp3) is 0.143. The van der Waals surface area contributed by atoms with E-state index in [0.29, 0.717) is 11.4 Å². The van der Waals surface area contributed by atoms with E-state index in [1.807, 2.05) is 24.3 Å². The molecule has 0 aliphatic rings. The van der Waals surface area contributed by atoms with Crippen LogP contribution in [0.15, 0.2) is 43.0 Å². The van der Waals surface area contributed by atoms with E-state index in [1.165, 1.54) is 12.5 Å². The zero-order valence-corrected chi connectivity index (χ0v) is 11.3. The molecule has 7 nitrogen and oxygen atoms in total. The second kappa shape index (κ2) is 5.20. The smallest absolute Gasteiger partial charge is 0.330 e. The molecule has 0 fully saturated rings. The molecule has 0 spiro atoms. The Labute approximate surface area is 120 Å². The summed E-state index contributed by atoms with van der Waals surface area (Å²) in [4.78, 5) is 19.8. The lowest BCUT2D eigenvalue weighted by Gasteiger charge is -2.14. The summed E-state index contributed by atoms with van der Waals surface area (Å²) in [7, 11) is 1.74. The van der Waals surface area contributed by atoms with Gasteiger partial charge in [-0.15, -0.1) is 0 Å². The summed E-state index contributed by atoms with van der Waals surface area (Å²) in [6.07, 6.45) is 4.59. The SMILES string of the molecule is Cn1cc(C(Nc2ncnc3ccccc23)C(=O)O)cn1. The van der Waals surface area contributed by atoms with Gasteiger partial charge in [0.1, 0.15) is 12.1 Å². The lowest BCUT2D eigenvalue weighted by molar-refractivity contribution is -0.138.